The number of methoxy groups -OCH3 is 1. The van der Waals surface area contributed by atoms with Gasteiger partial charge in [-0.05, 0) is 66.7 Å². The molecule has 3 aromatic carbocycles. The number of urea groups is 1. The second kappa shape index (κ2) is 10.8. The van der Waals surface area contributed by atoms with Crippen molar-refractivity contribution in [2.45, 2.75) is 0 Å². The van der Waals surface area contributed by atoms with Gasteiger partial charge in [-0.25, -0.2) is 13.9 Å². The lowest BCUT2D eigenvalue weighted by Gasteiger charge is -2.10. The Kier molecular flexibility index (Phi) is 7.36. The molecule has 0 spiro atoms. The zero-order valence-electron chi connectivity index (χ0n) is 18.2. The van der Waals surface area contributed by atoms with E-state index in [1.54, 1.807) is 72.5 Å². The van der Waals surface area contributed by atoms with Gasteiger partial charge in [0, 0.05) is 29.1 Å². The molecule has 0 saturated carbocycles. The number of nitrogens with one attached hydrogen (secondary N) is 2. The number of carbonyl (C=O) groups excluding carboxylic acids is 1. The van der Waals surface area contributed by atoms with Crippen LogP contribution in [0.15, 0.2) is 72.8 Å². The minimum atomic E-state index is -0.406. The van der Waals surface area contributed by atoms with E-state index in [2.05, 4.69) is 20.7 Å². The van der Waals surface area contributed by atoms with Crippen LogP contribution >= 0.6 is 11.6 Å². The molecule has 0 atom stereocenters. The maximum atomic E-state index is 13.4. The van der Waals surface area contributed by atoms with E-state index in [9.17, 15) is 9.18 Å². The second-order valence-corrected chi connectivity index (χ2v) is 7.55. The summed E-state index contributed by atoms with van der Waals surface area (Å²) in [5.74, 6) is 0.129. The molecule has 0 saturated heterocycles. The SMILES string of the molecule is COCCOc1nc(-c2ccc(F)cc2)n(-c2ccc(NC(=O)Nc3cccc(Cl)c3)cc2)n1. The van der Waals surface area contributed by atoms with Gasteiger partial charge in [0.05, 0.1) is 12.3 Å². The van der Waals surface area contributed by atoms with Crippen LogP contribution in [0, 0.1) is 5.82 Å². The fraction of sp³-hybridized carbons (Fsp3) is 0.125. The number of nitrogens with zero attached hydrogens (tertiary/aromatic N) is 3. The van der Waals surface area contributed by atoms with Crippen molar-refractivity contribution in [2.75, 3.05) is 31.0 Å². The average molecular weight is 482 g/mol. The predicted molar refractivity (Wildman–Crippen MR) is 128 cm³/mol. The first-order chi connectivity index (χ1) is 16.5. The third-order valence-corrected chi connectivity index (χ3v) is 4.90. The number of benzene rings is 3. The molecule has 8 nitrogen and oxygen atoms in total. The summed E-state index contributed by atoms with van der Waals surface area (Å²) >= 11 is 5.95. The molecule has 0 bridgehead atoms. The number of amides is 2. The Hall–Kier alpha value is -3.95. The number of hydrogen-bond donors (Lipinski definition) is 2. The van der Waals surface area contributed by atoms with Gasteiger partial charge in [-0.15, -0.1) is 5.10 Å². The smallest absolute Gasteiger partial charge is 0.336 e. The van der Waals surface area contributed by atoms with Crippen molar-refractivity contribution in [1.82, 2.24) is 14.8 Å². The molecule has 0 aliphatic rings. The largest absolute Gasteiger partial charge is 0.460 e. The second-order valence-electron chi connectivity index (χ2n) is 7.11. The Morgan fingerprint density at radius 3 is 2.44 bits per heavy atom. The molecular weight excluding hydrogens is 461 g/mol. The predicted octanol–water partition coefficient (Wildman–Crippen LogP) is 5.40. The van der Waals surface area contributed by atoms with Crippen LogP contribution < -0.4 is 15.4 Å². The van der Waals surface area contributed by atoms with E-state index in [4.69, 9.17) is 21.1 Å². The van der Waals surface area contributed by atoms with E-state index >= 15 is 0 Å². The summed E-state index contributed by atoms with van der Waals surface area (Å²) < 4.78 is 25.6. The third-order valence-electron chi connectivity index (χ3n) is 4.66. The zero-order valence-corrected chi connectivity index (χ0v) is 18.9. The van der Waals surface area contributed by atoms with Crippen molar-refractivity contribution in [3.63, 3.8) is 0 Å². The van der Waals surface area contributed by atoms with Gasteiger partial charge in [0.15, 0.2) is 5.82 Å². The van der Waals surface area contributed by atoms with E-state index in [-0.39, 0.29) is 18.4 Å². The molecule has 4 rings (SSSR count). The quantitative estimate of drug-likeness (QED) is 0.329. The van der Waals surface area contributed by atoms with Gasteiger partial charge in [-0.2, -0.15) is 4.98 Å². The summed E-state index contributed by atoms with van der Waals surface area (Å²) in [6.07, 6.45) is 0. The van der Waals surface area contributed by atoms with E-state index < -0.39 is 6.03 Å². The molecule has 0 radical (unpaired) electrons. The molecule has 1 aromatic heterocycles. The minimum Gasteiger partial charge on any atom is -0.460 e. The van der Waals surface area contributed by atoms with E-state index in [1.807, 2.05) is 0 Å². The molecule has 0 fully saturated rings. The highest BCUT2D eigenvalue weighted by atomic mass is 35.5. The standard InChI is InChI=1S/C24H21ClFN5O3/c1-33-13-14-34-24-29-22(16-5-7-18(26)8-6-16)31(30-24)21-11-9-19(10-12-21)27-23(32)28-20-4-2-3-17(25)15-20/h2-12,15H,13-14H2,1H3,(H2,27,28,32). The van der Waals surface area contributed by atoms with Gasteiger partial charge in [0.1, 0.15) is 12.4 Å². The first kappa shape index (κ1) is 23.2. The lowest BCUT2D eigenvalue weighted by molar-refractivity contribution is 0.141. The molecule has 0 aliphatic carbocycles. The fourth-order valence-electron chi connectivity index (χ4n) is 3.08. The first-order valence-corrected chi connectivity index (χ1v) is 10.7. The topological polar surface area (TPSA) is 90.3 Å². The number of rotatable bonds is 8. The van der Waals surface area contributed by atoms with Crippen LogP contribution in [0.3, 0.4) is 0 Å². The van der Waals surface area contributed by atoms with Crippen molar-refractivity contribution in [1.29, 1.82) is 0 Å². The lowest BCUT2D eigenvalue weighted by Crippen LogP contribution is -2.19. The van der Waals surface area contributed by atoms with E-state index in [0.29, 0.717) is 40.1 Å². The molecule has 2 amide bonds. The molecule has 0 aliphatic heterocycles. The van der Waals surface area contributed by atoms with Gasteiger partial charge in [0.25, 0.3) is 0 Å². The van der Waals surface area contributed by atoms with Crippen LogP contribution in [-0.2, 0) is 4.74 Å². The summed E-state index contributed by atoms with van der Waals surface area (Å²) in [4.78, 5) is 16.7. The van der Waals surface area contributed by atoms with Gasteiger partial charge in [-0.3, -0.25) is 0 Å². The summed E-state index contributed by atoms with van der Waals surface area (Å²) in [5, 5.41) is 10.4. The summed E-state index contributed by atoms with van der Waals surface area (Å²) in [7, 11) is 1.57. The van der Waals surface area contributed by atoms with Crippen LogP contribution in [0.25, 0.3) is 17.1 Å². The Bertz CT molecular complexity index is 1260. The molecule has 2 N–H and O–H groups in total. The highest BCUT2D eigenvalue weighted by Gasteiger charge is 2.15. The van der Waals surface area contributed by atoms with Crippen LogP contribution in [-0.4, -0.2) is 41.1 Å². The molecule has 34 heavy (non-hydrogen) atoms. The average Bonchev–Trinajstić information content (AvgIpc) is 3.24. The number of halogens is 2. The number of aromatic nitrogens is 3. The Balaban J connectivity index is 1.53. The lowest BCUT2D eigenvalue weighted by atomic mass is 10.2. The molecular formula is C24H21ClFN5O3. The molecule has 0 unspecified atom stereocenters. The van der Waals surface area contributed by atoms with Gasteiger partial charge >= 0.3 is 12.0 Å². The summed E-state index contributed by atoms with van der Waals surface area (Å²) in [6.45, 7) is 0.673. The minimum absolute atomic E-state index is 0.166. The van der Waals surface area contributed by atoms with Gasteiger partial charge in [0.2, 0.25) is 0 Å². The highest BCUT2D eigenvalue weighted by Crippen LogP contribution is 2.25. The maximum Gasteiger partial charge on any atom is 0.336 e. The van der Waals surface area contributed by atoms with Gasteiger partial charge < -0.3 is 20.1 Å². The van der Waals surface area contributed by atoms with E-state index in [0.717, 1.165) is 0 Å². The van der Waals surface area contributed by atoms with Crippen LogP contribution in [0.4, 0.5) is 20.6 Å². The van der Waals surface area contributed by atoms with Crippen LogP contribution in [0.5, 0.6) is 6.01 Å². The first-order valence-electron chi connectivity index (χ1n) is 10.3. The van der Waals surface area contributed by atoms with Crippen molar-refractivity contribution in [3.05, 3.63) is 83.6 Å². The van der Waals surface area contributed by atoms with Crippen LogP contribution in [0.2, 0.25) is 5.02 Å². The molecule has 1 heterocycles. The number of carbonyl (C=O) groups is 1. The number of hydrogen-bond acceptors (Lipinski definition) is 5. The van der Waals surface area contributed by atoms with E-state index in [1.165, 1.54) is 12.1 Å². The van der Waals surface area contributed by atoms with Crippen molar-refractivity contribution in [2.24, 2.45) is 0 Å². The Labute approximate surface area is 200 Å². The summed E-state index contributed by atoms with van der Waals surface area (Å²) in [6, 6.07) is 19.6. The Morgan fingerprint density at radius 1 is 1.00 bits per heavy atom. The summed E-state index contributed by atoms with van der Waals surface area (Å²) in [5.41, 5.74) is 2.49. The van der Waals surface area contributed by atoms with Gasteiger partial charge in [-0.1, -0.05) is 17.7 Å². The van der Waals surface area contributed by atoms with Crippen molar-refractivity contribution >= 4 is 29.0 Å². The Morgan fingerprint density at radius 2 is 1.74 bits per heavy atom. The highest BCUT2D eigenvalue weighted by molar-refractivity contribution is 6.30. The number of ether oxygens (including phenoxy) is 2. The maximum absolute atomic E-state index is 13.4. The van der Waals surface area contributed by atoms with Crippen molar-refractivity contribution in [3.8, 4) is 23.1 Å². The monoisotopic (exact) mass is 481 g/mol. The molecule has 174 valence electrons. The fourth-order valence-corrected chi connectivity index (χ4v) is 3.27. The third kappa shape index (κ3) is 5.89. The normalized spacial score (nSPS) is 10.7. The van der Waals surface area contributed by atoms with Crippen LogP contribution in [0.1, 0.15) is 0 Å². The molecule has 10 heteroatoms. The van der Waals surface area contributed by atoms with Crippen molar-refractivity contribution < 1.29 is 18.7 Å². The zero-order chi connectivity index (χ0) is 23.9. The molecule has 4 aromatic rings. The number of anilines is 2.